The van der Waals surface area contributed by atoms with E-state index in [2.05, 4.69) is 20.5 Å². The van der Waals surface area contributed by atoms with Gasteiger partial charge in [-0.2, -0.15) is 4.98 Å². The van der Waals surface area contributed by atoms with Crippen molar-refractivity contribution in [2.75, 3.05) is 23.3 Å². The summed E-state index contributed by atoms with van der Waals surface area (Å²) >= 11 is 6.24. The van der Waals surface area contributed by atoms with Crippen LogP contribution in [0.5, 0.6) is 0 Å². The van der Waals surface area contributed by atoms with Gasteiger partial charge in [-0.05, 0) is 41.0 Å². The molecule has 0 spiro atoms. The number of piperidine rings is 1. The van der Waals surface area contributed by atoms with E-state index in [1.807, 2.05) is 42.5 Å². The number of carbonyl (C=O) groups excluding carboxylic acids is 1. The largest absolute Gasteiger partial charge is 0.392 e. The van der Waals surface area contributed by atoms with Crippen LogP contribution in [0.15, 0.2) is 54.7 Å². The number of benzene rings is 2. The number of nitrogens with zero attached hydrogens (tertiary/aromatic N) is 3. The van der Waals surface area contributed by atoms with E-state index in [1.165, 1.54) is 6.42 Å². The normalized spacial score (nSPS) is 18.7. The van der Waals surface area contributed by atoms with Crippen LogP contribution >= 0.6 is 11.6 Å². The quantitative estimate of drug-likeness (QED) is 0.472. The highest BCUT2D eigenvalue weighted by molar-refractivity contribution is 6.31. The molecule has 1 aromatic heterocycles. The number of amides is 1. The lowest BCUT2D eigenvalue weighted by molar-refractivity contribution is 0.0951. The zero-order valence-corrected chi connectivity index (χ0v) is 18.9. The number of aliphatic hydroxyl groups is 1. The Morgan fingerprint density at radius 1 is 1.09 bits per heavy atom. The van der Waals surface area contributed by atoms with E-state index in [1.54, 1.807) is 12.3 Å². The van der Waals surface area contributed by atoms with Crippen molar-refractivity contribution in [3.05, 3.63) is 82.0 Å². The van der Waals surface area contributed by atoms with Crippen molar-refractivity contribution >= 4 is 29.3 Å². The maximum absolute atomic E-state index is 13.0. The molecule has 3 aromatic rings. The number of anilines is 2. The van der Waals surface area contributed by atoms with E-state index in [4.69, 9.17) is 16.6 Å². The van der Waals surface area contributed by atoms with Crippen LogP contribution < -0.4 is 15.5 Å². The molecule has 2 aromatic carbocycles. The van der Waals surface area contributed by atoms with E-state index in [0.29, 0.717) is 41.0 Å². The Morgan fingerprint density at radius 3 is 2.61 bits per heavy atom. The molecule has 2 atom stereocenters. The highest BCUT2D eigenvalue weighted by atomic mass is 35.5. The van der Waals surface area contributed by atoms with Gasteiger partial charge in [0.15, 0.2) is 0 Å². The minimum atomic E-state index is -0.231. The standard InChI is InChI=1S/C25H26ClN5O2/c26-22-8-17(6-7-18(22)15-32)11-27-23-21(24(33)28-10-16-4-2-1-3-5-16)12-29-25(30-23)31-13-19-9-20(19)14-31/h1-8,12,19-20,32H,9-11,13-15H2,(H,28,33)(H,27,29,30). The van der Waals surface area contributed by atoms with Crippen molar-refractivity contribution in [3.63, 3.8) is 0 Å². The van der Waals surface area contributed by atoms with Gasteiger partial charge in [-0.3, -0.25) is 4.79 Å². The maximum atomic E-state index is 13.0. The predicted molar refractivity (Wildman–Crippen MR) is 128 cm³/mol. The lowest BCUT2D eigenvalue weighted by Crippen LogP contribution is -2.27. The summed E-state index contributed by atoms with van der Waals surface area (Å²) in [6, 6.07) is 15.3. The average molecular weight is 464 g/mol. The van der Waals surface area contributed by atoms with E-state index < -0.39 is 0 Å². The molecule has 7 nitrogen and oxygen atoms in total. The summed E-state index contributed by atoms with van der Waals surface area (Å²) in [6.07, 6.45) is 2.91. The lowest BCUT2D eigenvalue weighted by Gasteiger charge is -2.20. The van der Waals surface area contributed by atoms with Gasteiger partial charge in [0.05, 0.1) is 6.61 Å². The molecule has 0 bridgehead atoms. The summed E-state index contributed by atoms with van der Waals surface area (Å²) in [5, 5.41) is 16.1. The van der Waals surface area contributed by atoms with Gasteiger partial charge < -0.3 is 20.6 Å². The van der Waals surface area contributed by atoms with Gasteiger partial charge in [0.2, 0.25) is 5.95 Å². The van der Waals surface area contributed by atoms with Gasteiger partial charge in [-0.25, -0.2) is 4.98 Å². The number of aliphatic hydroxyl groups excluding tert-OH is 1. The number of fused-ring (bicyclic) bond motifs is 1. The van der Waals surface area contributed by atoms with Crippen molar-refractivity contribution in [1.82, 2.24) is 15.3 Å². The number of hydrogen-bond donors (Lipinski definition) is 3. The first kappa shape index (κ1) is 21.7. The molecule has 33 heavy (non-hydrogen) atoms. The van der Waals surface area contributed by atoms with Gasteiger partial charge in [-0.15, -0.1) is 0 Å². The van der Waals surface area contributed by atoms with Crippen LogP contribution in [0.2, 0.25) is 5.02 Å². The molecule has 3 N–H and O–H groups in total. The van der Waals surface area contributed by atoms with Gasteiger partial charge in [0.25, 0.3) is 5.91 Å². The summed E-state index contributed by atoms with van der Waals surface area (Å²) in [7, 11) is 0. The maximum Gasteiger partial charge on any atom is 0.256 e. The van der Waals surface area contributed by atoms with Crippen LogP contribution in [-0.4, -0.2) is 34.1 Å². The average Bonchev–Trinajstić information content (AvgIpc) is 3.46. The van der Waals surface area contributed by atoms with Crippen molar-refractivity contribution in [2.24, 2.45) is 11.8 Å². The highest BCUT2D eigenvalue weighted by Gasteiger charge is 2.45. The van der Waals surface area contributed by atoms with Crippen molar-refractivity contribution in [3.8, 4) is 0 Å². The molecule has 1 aliphatic heterocycles. The molecule has 1 amide bonds. The van der Waals surface area contributed by atoms with Crippen LogP contribution in [0.3, 0.4) is 0 Å². The smallest absolute Gasteiger partial charge is 0.256 e. The van der Waals surface area contributed by atoms with Crippen LogP contribution in [0.1, 0.15) is 33.5 Å². The van der Waals surface area contributed by atoms with E-state index in [-0.39, 0.29) is 12.5 Å². The first-order chi connectivity index (χ1) is 16.1. The van der Waals surface area contributed by atoms with Crippen LogP contribution in [0.4, 0.5) is 11.8 Å². The Morgan fingerprint density at radius 2 is 1.88 bits per heavy atom. The number of halogens is 1. The second-order valence-corrected chi connectivity index (χ2v) is 9.11. The van der Waals surface area contributed by atoms with Crippen molar-refractivity contribution in [1.29, 1.82) is 0 Å². The molecule has 170 valence electrons. The lowest BCUT2D eigenvalue weighted by atomic mass is 10.1. The number of hydrogen-bond acceptors (Lipinski definition) is 6. The Balaban J connectivity index is 1.35. The van der Waals surface area contributed by atoms with Crippen LogP contribution in [0.25, 0.3) is 0 Å². The molecule has 5 rings (SSSR count). The summed E-state index contributed by atoms with van der Waals surface area (Å²) in [5.41, 5.74) is 3.03. The van der Waals surface area contributed by atoms with Crippen molar-refractivity contribution in [2.45, 2.75) is 26.1 Å². The van der Waals surface area contributed by atoms with Gasteiger partial charge >= 0.3 is 0 Å². The minimum absolute atomic E-state index is 0.106. The third kappa shape index (κ3) is 4.94. The molecule has 2 heterocycles. The van der Waals surface area contributed by atoms with Crippen LogP contribution in [0, 0.1) is 11.8 Å². The molecule has 8 heteroatoms. The van der Waals surface area contributed by atoms with E-state index >= 15 is 0 Å². The topological polar surface area (TPSA) is 90.4 Å². The Bertz CT molecular complexity index is 1150. The Kier molecular flexibility index (Phi) is 6.15. The fourth-order valence-corrected chi connectivity index (χ4v) is 4.54. The third-order valence-corrected chi connectivity index (χ3v) is 6.68. The summed E-state index contributed by atoms with van der Waals surface area (Å²) in [4.78, 5) is 24.4. The molecule has 1 aliphatic carbocycles. The molecule has 0 radical (unpaired) electrons. The molecule has 1 saturated carbocycles. The fraction of sp³-hybridized carbons (Fsp3) is 0.320. The van der Waals surface area contributed by atoms with Crippen molar-refractivity contribution < 1.29 is 9.90 Å². The Labute approximate surface area is 197 Å². The highest BCUT2D eigenvalue weighted by Crippen LogP contribution is 2.45. The zero-order chi connectivity index (χ0) is 22.8. The second kappa shape index (κ2) is 9.37. The summed E-state index contributed by atoms with van der Waals surface area (Å²) in [5.74, 6) is 2.43. The number of aromatic nitrogens is 2. The number of carbonyl (C=O) groups is 1. The molecule has 1 saturated heterocycles. The Hall–Kier alpha value is -3.16. The zero-order valence-electron chi connectivity index (χ0n) is 18.2. The second-order valence-electron chi connectivity index (χ2n) is 8.70. The minimum Gasteiger partial charge on any atom is -0.392 e. The van der Waals surface area contributed by atoms with Gasteiger partial charge in [0.1, 0.15) is 11.4 Å². The molecular formula is C25H26ClN5O2. The molecule has 2 aliphatic rings. The molecular weight excluding hydrogens is 438 g/mol. The van der Waals surface area contributed by atoms with Gasteiger partial charge in [-0.1, -0.05) is 54.1 Å². The predicted octanol–water partition coefficient (Wildman–Crippen LogP) is 3.62. The summed E-state index contributed by atoms with van der Waals surface area (Å²) in [6.45, 7) is 2.70. The monoisotopic (exact) mass is 463 g/mol. The number of rotatable bonds is 8. The molecule has 2 unspecified atom stereocenters. The number of nitrogens with one attached hydrogen (secondary N) is 2. The first-order valence-electron chi connectivity index (χ1n) is 11.2. The molecule has 2 fully saturated rings. The summed E-state index contributed by atoms with van der Waals surface area (Å²) < 4.78 is 0. The van der Waals surface area contributed by atoms with E-state index in [0.717, 1.165) is 36.1 Å². The first-order valence-corrected chi connectivity index (χ1v) is 11.5. The van der Waals surface area contributed by atoms with Crippen LogP contribution in [-0.2, 0) is 19.7 Å². The third-order valence-electron chi connectivity index (χ3n) is 6.33. The SMILES string of the molecule is O=C(NCc1ccccc1)c1cnc(N2CC3CC3C2)nc1NCc1ccc(CO)c(Cl)c1. The van der Waals surface area contributed by atoms with E-state index in [9.17, 15) is 9.90 Å². The fourth-order valence-electron chi connectivity index (χ4n) is 4.28. The van der Waals surface area contributed by atoms with Gasteiger partial charge in [0, 0.05) is 37.4 Å².